The van der Waals surface area contributed by atoms with E-state index in [9.17, 15) is 14.7 Å². The molecule has 0 saturated heterocycles. The number of carbonyl (C=O) groups excluding carboxylic acids is 2. The molecule has 1 aliphatic carbocycles. The van der Waals surface area contributed by atoms with Gasteiger partial charge in [0, 0.05) is 0 Å². The quantitative estimate of drug-likeness (QED) is 0.653. The van der Waals surface area contributed by atoms with Crippen LogP contribution in [0.5, 0.6) is 17.2 Å². The average molecular weight is 354 g/mol. The molecular weight excluding hydrogens is 332 g/mol. The number of hydrogen-bond acceptors (Lipinski definition) is 5. The topological polar surface area (TPSA) is 72.8 Å². The minimum Gasteiger partial charge on any atom is -0.508 e. The van der Waals surface area contributed by atoms with Crippen LogP contribution < -0.4 is 9.47 Å². The van der Waals surface area contributed by atoms with Gasteiger partial charge in [-0.05, 0) is 80.1 Å². The second-order valence-corrected chi connectivity index (χ2v) is 6.79. The first-order valence-corrected chi connectivity index (χ1v) is 8.84. The zero-order valence-electron chi connectivity index (χ0n) is 14.7. The highest BCUT2D eigenvalue weighted by Crippen LogP contribution is 2.30. The third-order valence-corrected chi connectivity index (χ3v) is 4.70. The molecule has 1 aliphatic rings. The molecule has 26 heavy (non-hydrogen) atoms. The second-order valence-electron chi connectivity index (χ2n) is 6.79. The van der Waals surface area contributed by atoms with E-state index in [1.165, 1.54) is 24.3 Å². The average Bonchev–Trinajstić information content (AvgIpc) is 2.64. The van der Waals surface area contributed by atoms with Crippen LogP contribution in [0.4, 0.5) is 0 Å². The standard InChI is InChI=1S/C21H22O5/c1-14-2-4-15(5-3-14)20(23)25-18-10-12-19(13-11-18)26-21(24)16-6-8-17(22)9-7-16/h6-15,22H,2-5H2,1H3. The van der Waals surface area contributed by atoms with E-state index >= 15 is 0 Å². The highest BCUT2D eigenvalue weighted by atomic mass is 16.5. The molecule has 0 bridgehead atoms. The maximum Gasteiger partial charge on any atom is 0.343 e. The van der Waals surface area contributed by atoms with Gasteiger partial charge in [0.25, 0.3) is 0 Å². The molecule has 3 rings (SSSR count). The lowest BCUT2D eigenvalue weighted by Gasteiger charge is -2.24. The van der Waals surface area contributed by atoms with Crippen molar-refractivity contribution in [2.45, 2.75) is 32.6 Å². The number of benzene rings is 2. The summed E-state index contributed by atoms with van der Waals surface area (Å²) in [4.78, 5) is 24.3. The van der Waals surface area contributed by atoms with Crippen molar-refractivity contribution in [3.05, 3.63) is 54.1 Å². The van der Waals surface area contributed by atoms with E-state index in [0.717, 1.165) is 25.7 Å². The van der Waals surface area contributed by atoms with Crippen LogP contribution in [-0.2, 0) is 4.79 Å². The molecule has 0 atom stereocenters. The van der Waals surface area contributed by atoms with Gasteiger partial charge in [-0.25, -0.2) is 4.79 Å². The first kappa shape index (κ1) is 18.0. The molecule has 1 saturated carbocycles. The van der Waals surface area contributed by atoms with E-state index < -0.39 is 5.97 Å². The first-order chi connectivity index (χ1) is 12.5. The number of phenols is 1. The summed E-state index contributed by atoms with van der Waals surface area (Å²) in [7, 11) is 0. The first-order valence-electron chi connectivity index (χ1n) is 8.84. The van der Waals surface area contributed by atoms with E-state index in [2.05, 4.69) is 6.92 Å². The smallest absolute Gasteiger partial charge is 0.343 e. The number of carbonyl (C=O) groups is 2. The van der Waals surface area contributed by atoms with E-state index in [0.29, 0.717) is 23.0 Å². The van der Waals surface area contributed by atoms with Crippen LogP contribution in [0.3, 0.4) is 0 Å². The SMILES string of the molecule is CC1CCC(C(=O)Oc2ccc(OC(=O)c3ccc(O)cc3)cc2)CC1. The van der Waals surface area contributed by atoms with Crippen LogP contribution in [0, 0.1) is 11.8 Å². The van der Waals surface area contributed by atoms with E-state index in [4.69, 9.17) is 9.47 Å². The van der Waals surface area contributed by atoms with E-state index in [-0.39, 0.29) is 17.6 Å². The summed E-state index contributed by atoms with van der Waals surface area (Å²) in [5.41, 5.74) is 0.338. The number of aromatic hydroxyl groups is 1. The van der Waals surface area contributed by atoms with Crippen molar-refractivity contribution in [2.75, 3.05) is 0 Å². The Hall–Kier alpha value is -2.82. The van der Waals surface area contributed by atoms with Gasteiger partial charge in [-0.15, -0.1) is 0 Å². The van der Waals surface area contributed by atoms with Gasteiger partial charge in [0.1, 0.15) is 17.2 Å². The number of phenolic OH excluding ortho intramolecular Hbond substituents is 1. The predicted molar refractivity (Wildman–Crippen MR) is 96.3 cm³/mol. The van der Waals surface area contributed by atoms with E-state index in [1.54, 1.807) is 24.3 Å². The Morgan fingerprint density at radius 2 is 1.38 bits per heavy atom. The Bertz CT molecular complexity index is 756. The summed E-state index contributed by atoms with van der Waals surface area (Å²) >= 11 is 0. The highest BCUT2D eigenvalue weighted by Gasteiger charge is 2.25. The molecule has 2 aromatic carbocycles. The molecule has 0 aliphatic heterocycles. The van der Waals surface area contributed by atoms with Gasteiger partial charge in [0.05, 0.1) is 11.5 Å². The summed E-state index contributed by atoms with van der Waals surface area (Å²) in [6.07, 6.45) is 3.88. The summed E-state index contributed by atoms with van der Waals surface area (Å²) < 4.78 is 10.7. The Morgan fingerprint density at radius 3 is 1.96 bits per heavy atom. The molecule has 0 spiro atoms. The molecule has 2 aromatic rings. The predicted octanol–water partition coefficient (Wildman–Crippen LogP) is 4.34. The molecule has 136 valence electrons. The van der Waals surface area contributed by atoms with Crippen molar-refractivity contribution in [1.29, 1.82) is 0 Å². The van der Waals surface area contributed by atoms with Crippen molar-refractivity contribution in [3.63, 3.8) is 0 Å². The fourth-order valence-electron chi connectivity index (χ4n) is 3.03. The second kappa shape index (κ2) is 8.04. The number of ether oxygens (including phenoxy) is 2. The molecule has 0 aromatic heterocycles. The summed E-state index contributed by atoms with van der Waals surface area (Å²) in [5.74, 6) is 0.823. The Balaban J connectivity index is 1.55. The Kier molecular flexibility index (Phi) is 5.56. The van der Waals surface area contributed by atoms with Gasteiger partial charge in [-0.1, -0.05) is 6.92 Å². The monoisotopic (exact) mass is 354 g/mol. The summed E-state index contributed by atoms with van der Waals surface area (Å²) in [5, 5.41) is 9.24. The van der Waals surface area contributed by atoms with Crippen molar-refractivity contribution < 1.29 is 24.2 Å². The van der Waals surface area contributed by atoms with Crippen LogP contribution in [0.15, 0.2) is 48.5 Å². The summed E-state index contributed by atoms with van der Waals surface area (Å²) in [6.45, 7) is 2.21. The third-order valence-electron chi connectivity index (χ3n) is 4.70. The van der Waals surface area contributed by atoms with Crippen molar-refractivity contribution >= 4 is 11.9 Å². The van der Waals surface area contributed by atoms with Gasteiger partial charge in [-0.2, -0.15) is 0 Å². The van der Waals surface area contributed by atoms with Gasteiger partial charge in [-0.3, -0.25) is 4.79 Å². The molecule has 1 N–H and O–H groups in total. The molecule has 0 heterocycles. The Morgan fingerprint density at radius 1 is 0.846 bits per heavy atom. The molecule has 5 heteroatoms. The number of rotatable bonds is 4. The van der Waals surface area contributed by atoms with E-state index in [1.807, 2.05) is 0 Å². The zero-order valence-corrected chi connectivity index (χ0v) is 14.7. The van der Waals surface area contributed by atoms with Crippen molar-refractivity contribution in [1.82, 2.24) is 0 Å². The summed E-state index contributed by atoms with van der Waals surface area (Å²) in [6, 6.07) is 12.2. The number of esters is 2. The maximum absolute atomic E-state index is 12.2. The number of hydrogen-bond donors (Lipinski definition) is 1. The van der Waals surface area contributed by atoms with Gasteiger partial charge < -0.3 is 14.6 Å². The molecule has 0 unspecified atom stereocenters. The van der Waals surface area contributed by atoms with Crippen LogP contribution in [0.1, 0.15) is 43.0 Å². The molecule has 5 nitrogen and oxygen atoms in total. The van der Waals surface area contributed by atoms with Crippen LogP contribution in [0.25, 0.3) is 0 Å². The van der Waals surface area contributed by atoms with Gasteiger partial charge >= 0.3 is 11.9 Å². The lowest BCUT2D eigenvalue weighted by molar-refractivity contribution is -0.140. The fraction of sp³-hybridized carbons (Fsp3) is 0.333. The lowest BCUT2D eigenvalue weighted by atomic mass is 9.83. The third kappa shape index (κ3) is 4.63. The minimum absolute atomic E-state index is 0.0294. The van der Waals surface area contributed by atoms with Crippen LogP contribution >= 0.6 is 0 Å². The van der Waals surface area contributed by atoms with Crippen LogP contribution in [0.2, 0.25) is 0 Å². The molecule has 0 amide bonds. The zero-order chi connectivity index (χ0) is 18.5. The maximum atomic E-state index is 12.2. The molecular formula is C21H22O5. The van der Waals surface area contributed by atoms with Crippen molar-refractivity contribution in [2.24, 2.45) is 11.8 Å². The van der Waals surface area contributed by atoms with Gasteiger partial charge in [0.15, 0.2) is 0 Å². The largest absolute Gasteiger partial charge is 0.508 e. The minimum atomic E-state index is -0.522. The normalized spacial score (nSPS) is 19.6. The van der Waals surface area contributed by atoms with Crippen LogP contribution in [-0.4, -0.2) is 17.0 Å². The van der Waals surface area contributed by atoms with Gasteiger partial charge in [0.2, 0.25) is 0 Å². The van der Waals surface area contributed by atoms with Crippen molar-refractivity contribution in [3.8, 4) is 17.2 Å². The Labute approximate surface area is 152 Å². The highest BCUT2D eigenvalue weighted by molar-refractivity contribution is 5.91. The lowest BCUT2D eigenvalue weighted by Crippen LogP contribution is -2.24. The molecule has 1 fully saturated rings. The molecule has 0 radical (unpaired) electrons. The fourth-order valence-corrected chi connectivity index (χ4v) is 3.03.